The SMILES string of the molecule is COc1cc(/C=C/C(=O)CC(=O)/C=C/c2ccc(OCCN[PH](c3ccccc3)(c3ccccc3)c3ccccc3)c(OC)c2)ccc1OCCC[PH](c1ccccc1)(c1ccccc1)c1ccccc1. The molecule has 0 saturated heterocycles. The topological polar surface area (TPSA) is 83.1 Å². The van der Waals surface area contributed by atoms with Crippen molar-refractivity contribution in [3.05, 3.63) is 242 Å². The normalized spacial score (nSPS) is 12.1. The quantitative estimate of drug-likeness (QED) is 0.0280. The Morgan fingerprint density at radius 3 is 1.15 bits per heavy atom. The fourth-order valence-corrected chi connectivity index (χ4v) is 18.4. The predicted octanol–water partition coefficient (Wildman–Crippen LogP) is 10.1. The van der Waals surface area contributed by atoms with Gasteiger partial charge in [-0.05, 0) is 0 Å². The van der Waals surface area contributed by atoms with E-state index in [-0.39, 0.29) is 18.0 Å². The van der Waals surface area contributed by atoms with E-state index in [2.05, 4.69) is 169 Å². The Labute approximate surface area is 419 Å². The summed E-state index contributed by atoms with van der Waals surface area (Å²) >= 11 is 0. The van der Waals surface area contributed by atoms with Crippen molar-refractivity contribution in [3.8, 4) is 23.0 Å². The van der Waals surface area contributed by atoms with Crippen LogP contribution in [0.25, 0.3) is 12.2 Å². The Morgan fingerprint density at radius 2 is 0.789 bits per heavy atom. The van der Waals surface area contributed by atoms with Gasteiger partial charge in [-0.2, -0.15) is 0 Å². The number of carbonyl (C=O) groups is 2. The summed E-state index contributed by atoms with van der Waals surface area (Å²) in [6, 6.07) is 75.7. The Balaban J connectivity index is 0.847. The molecule has 0 radical (unpaired) electrons. The molecular formula is C62H61NO6P2. The van der Waals surface area contributed by atoms with Crippen LogP contribution in [0.1, 0.15) is 24.0 Å². The Morgan fingerprint density at radius 1 is 0.437 bits per heavy atom. The molecule has 0 amide bonds. The van der Waals surface area contributed by atoms with Crippen molar-refractivity contribution in [3.63, 3.8) is 0 Å². The van der Waals surface area contributed by atoms with E-state index in [0.717, 1.165) is 23.7 Å². The van der Waals surface area contributed by atoms with Crippen LogP contribution in [0.15, 0.2) is 231 Å². The number of hydrogen-bond acceptors (Lipinski definition) is 7. The molecule has 7 nitrogen and oxygen atoms in total. The second kappa shape index (κ2) is 24.9. The summed E-state index contributed by atoms with van der Waals surface area (Å²) in [7, 11) is -1.81. The molecule has 0 fully saturated rings. The summed E-state index contributed by atoms with van der Waals surface area (Å²) in [6.07, 6.45) is 7.76. The predicted molar refractivity (Wildman–Crippen MR) is 300 cm³/mol. The van der Waals surface area contributed by atoms with Gasteiger partial charge in [-0.1, -0.05) is 0 Å². The van der Waals surface area contributed by atoms with Crippen LogP contribution in [-0.4, -0.2) is 51.7 Å². The van der Waals surface area contributed by atoms with Crippen LogP contribution >= 0.6 is 14.7 Å². The van der Waals surface area contributed by atoms with E-state index in [1.54, 1.807) is 26.4 Å². The molecule has 0 aliphatic heterocycles. The van der Waals surface area contributed by atoms with Gasteiger partial charge in [0.2, 0.25) is 0 Å². The molecular weight excluding hydrogens is 917 g/mol. The fourth-order valence-electron chi connectivity index (χ4n) is 9.37. The number of nitrogens with one attached hydrogen (secondary N) is 1. The molecule has 8 aromatic carbocycles. The van der Waals surface area contributed by atoms with Gasteiger partial charge in [0.1, 0.15) is 0 Å². The average Bonchev–Trinajstić information content (AvgIpc) is 3.44. The summed E-state index contributed by atoms with van der Waals surface area (Å²) in [5, 5.41) is 11.9. The van der Waals surface area contributed by atoms with Gasteiger partial charge in [0.05, 0.1) is 0 Å². The van der Waals surface area contributed by atoms with Crippen molar-refractivity contribution in [2.75, 3.05) is 40.1 Å². The maximum atomic E-state index is 13.0. The molecule has 8 rings (SSSR count). The molecule has 0 heterocycles. The first kappa shape index (κ1) is 50.0. The summed E-state index contributed by atoms with van der Waals surface area (Å²) in [4.78, 5) is 25.9. The maximum absolute atomic E-state index is 13.0. The van der Waals surface area contributed by atoms with Crippen LogP contribution in [-0.2, 0) is 9.59 Å². The Bertz CT molecular complexity index is 2610. The van der Waals surface area contributed by atoms with E-state index in [9.17, 15) is 9.59 Å². The monoisotopic (exact) mass is 977 g/mol. The molecule has 0 aromatic heterocycles. The third kappa shape index (κ3) is 12.3. The molecule has 9 heteroatoms. The third-order valence-electron chi connectivity index (χ3n) is 12.8. The summed E-state index contributed by atoms with van der Waals surface area (Å²) < 4.78 is 24.1. The van der Waals surface area contributed by atoms with E-state index in [4.69, 9.17) is 18.9 Å². The minimum atomic E-state index is -2.63. The zero-order valence-electron chi connectivity index (χ0n) is 40.3. The number of rotatable bonds is 24. The molecule has 1 N–H and O–H groups in total. The van der Waals surface area contributed by atoms with E-state index in [0.29, 0.717) is 42.8 Å². The average molecular weight is 978 g/mol. The number of benzene rings is 8. The summed E-state index contributed by atoms with van der Waals surface area (Å²) in [5.41, 5.74) is 1.50. The van der Waals surface area contributed by atoms with Gasteiger partial charge in [0.15, 0.2) is 0 Å². The molecule has 0 aliphatic rings. The number of ketones is 2. The number of allylic oxidation sites excluding steroid dienone is 2. The van der Waals surface area contributed by atoms with Gasteiger partial charge in [-0.15, -0.1) is 0 Å². The van der Waals surface area contributed by atoms with Crippen molar-refractivity contribution in [1.82, 2.24) is 5.09 Å². The number of carbonyl (C=O) groups excluding carboxylic acids is 2. The zero-order chi connectivity index (χ0) is 49.1. The van der Waals surface area contributed by atoms with Gasteiger partial charge >= 0.3 is 421 Å². The summed E-state index contributed by atoms with van der Waals surface area (Å²) in [5.74, 6) is 1.71. The van der Waals surface area contributed by atoms with E-state index < -0.39 is 14.7 Å². The minimum absolute atomic E-state index is 0.268. The molecule has 0 atom stereocenters. The molecule has 0 saturated carbocycles. The first-order valence-electron chi connectivity index (χ1n) is 24.0. The first-order chi connectivity index (χ1) is 34.9. The zero-order valence-corrected chi connectivity index (χ0v) is 42.3. The molecule has 71 heavy (non-hydrogen) atoms. The van der Waals surface area contributed by atoms with Gasteiger partial charge < -0.3 is 0 Å². The van der Waals surface area contributed by atoms with Crippen molar-refractivity contribution in [2.24, 2.45) is 0 Å². The number of hydrogen-bond donors (Lipinski definition) is 1. The van der Waals surface area contributed by atoms with Crippen LogP contribution in [0, 0.1) is 0 Å². The van der Waals surface area contributed by atoms with Crippen LogP contribution in [0.3, 0.4) is 0 Å². The first-order valence-corrected chi connectivity index (χ1v) is 28.3. The standard InChI is InChI=1S/C62H61NO6P2/c1-66-61-46-49(36-40-59(61)68-43-21-45-70(53-22-9-3-10-23-53,54-24-11-4-12-25-54)55-26-13-5-14-27-55)34-38-51(64)48-52(65)39-35-50-37-41-60(62(47-50)67-2)69-44-42-63-71(56-28-15-6-16-29-56,57-30-17-7-18-31-57)58-32-19-8-20-33-58/h3-20,22-41,46-47,63,70-71H,21,42-45,48H2,1-2H3/b38-34+,39-35+. The third-order valence-corrected chi connectivity index (χ3v) is 22.2. The van der Waals surface area contributed by atoms with Gasteiger partial charge in [0.25, 0.3) is 0 Å². The van der Waals surface area contributed by atoms with Crippen molar-refractivity contribution < 1.29 is 28.5 Å². The van der Waals surface area contributed by atoms with Crippen molar-refractivity contribution >= 4 is 70.2 Å². The van der Waals surface area contributed by atoms with E-state index >= 15 is 0 Å². The second-order valence-electron chi connectivity index (χ2n) is 17.2. The number of methoxy groups -OCH3 is 2. The van der Waals surface area contributed by atoms with Gasteiger partial charge in [-0.25, -0.2) is 0 Å². The molecule has 360 valence electrons. The Kier molecular flexibility index (Phi) is 17.6. The van der Waals surface area contributed by atoms with Gasteiger partial charge in [0, 0.05) is 0 Å². The fraction of sp³-hybridized carbons (Fsp3) is 0.129. The number of ether oxygens (including phenoxy) is 4. The van der Waals surface area contributed by atoms with Crippen LogP contribution < -0.4 is 55.9 Å². The van der Waals surface area contributed by atoms with E-state index in [1.165, 1.54) is 44.0 Å². The van der Waals surface area contributed by atoms with E-state index in [1.807, 2.05) is 54.6 Å². The Hall–Kier alpha value is -7.40. The second-order valence-corrected chi connectivity index (χ2v) is 24.8. The molecule has 0 bridgehead atoms. The van der Waals surface area contributed by atoms with Crippen LogP contribution in [0.5, 0.6) is 23.0 Å². The molecule has 0 unspecified atom stereocenters. The molecule has 0 spiro atoms. The van der Waals surface area contributed by atoms with Gasteiger partial charge in [-0.3, -0.25) is 0 Å². The van der Waals surface area contributed by atoms with Crippen LogP contribution in [0.2, 0.25) is 0 Å². The molecule has 8 aromatic rings. The van der Waals surface area contributed by atoms with Crippen LogP contribution in [0.4, 0.5) is 0 Å². The van der Waals surface area contributed by atoms with Crippen molar-refractivity contribution in [2.45, 2.75) is 12.8 Å². The molecule has 0 aliphatic carbocycles. The summed E-state index contributed by atoms with van der Waals surface area (Å²) in [6.45, 7) is 1.49. The van der Waals surface area contributed by atoms with Crippen molar-refractivity contribution in [1.29, 1.82) is 0 Å².